The van der Waals surface area contributed by atoms with Crippen molar-refractivity contribution in [3.05, 3.63) is 12.7 Å². The van der Waals surface area contributed by atoms with E-state index in [4.69, 9.17) is 4.52 Å². The Balaban J connectivity index is 3.47. The van der Waals surface area contributed by atoms with Crippen molar-refractivity contribution in [1.29, 1.82) is 0 Å². The lowest BCUT2D eigenvalue weighted by atomic mass is 10.3. The zero-order chi connectivity index (χ0) is 9.45. The van der Waals surface area contributed by atoms with Crippen molar-refractivity contribution in [3.8, 4) is 0 Å². The highest BCUT2D eigenvalue weighted by Gasteiger charge is 2.12. The fraction of sp³-hybridized carbons (Fsp3) is 0.778. The summed E-state index contributed by atoms with van der Waals surface area (Å²) in [6.45, 7) is 7.96. The van der Waals surface area contributed by atoms with Crippen LogP contribution in [0.4, 0.5) is 0 Å². The van der Waals surface area contributed by atoms with Crippen LogP contribution in [-0.2, 0) is 9.09 Å². The first-order valence-electron chi connectivity index (χ1n) is 4.44. The van der Waals surface area contributed by atoms with Crippen molar-refractivity contribution < 1.29 is 9.09 Å². The Morgan fingerprint density at radius 2 is 2.17 bits per heavy atom. The molecule has 0 spiro atoms. The molecule has 2 nitrogen and oxygen atoms in total. The first kappa shape index (κ1) is 11.9. The monoisotopic (exact) mass is 190 g/mol. The number of rotatable bonds is 7. The molecule has 0 N–H and O–H groups in total. The molecule has 0 aliphatic heterocycles. The van der Waals surface area contributed by atoms with Crippen LogP contribution in [0, 0.1) is 0 Å². The predicted octanol–water partition coefficient (Wildman–Crippen LogP) is 3.29. The SMILES string of the molecule is C=CCP(C)(=O)OCCCCC. The molecule has 12 heavy (non-hydrogen) atoms. The zero-order valence-corrected chi connectivity index (χ0v) is 8.98. The average molecular weight is 190 g/mol. The first-order chi connectivity index (χ1) is 5.62. The van der Waals surface area contributed by atoms with Crippen molar-refractivity contribution in [1.82, 2.24) is 0 Å². The number of hydrogen-bond donors (Lipinski definition) is 0. The minimum atomic E-state index is -2.35. The molecule has 0 fully saturated rings. The number of unbranched alkanes of at least 4 members (excludes halogenated alkanes) is 2. The van der Waals surface area contributed by atoms with Crippen LogP contribution in [0.5, 0.6) is 0 Å². The van der Waals surface area contributed by atoms with Crippen LogP contribution < -0.4 is 0 Å². The van der Waals surface area contributed by atoms with Crippen molar-refractivity contribution in [2.75, 3.05) is 19.4 Å². The Morgan fingerprint density at radius 1 is 1.50 bits per heavy atom. The lowest BCUT2D eigenvalue weighted by molar-refractivity contribution is 0.308. The summed E-state index contributed by atoms with van der Waals surface area (Å²) in [6.07, 6.45) is 5.46. The summed E-state index contributed by atoms with van der Waals surface area (Å²) in [5.41, 5.74) is 0. The molecule has 0 aliphatic rings. The van der Waals surface area contributed by atoms with E-state index in [-0.39, 0.29) is 0 Å². The van der Waals surface area contributed by atoms with Gasteiger partial charge in [-0.3, -0.25) is 4.57 Å². The maximum absolute atomic E-state index is 11.5. The summed E-state index contributed by atoms with van der Waals surface area (Å²) >= 11 is 0. The van der Waals surface area contributed by atoms with Gasteiger partial charge in [-0.15, -0.1) is 6.58 Å². The van der Waals surface area contributed by atoms with Crippen molar-refractivity contribution in [2.45, 2.75) is 26.2 Å². The smallest absolute Gasteiger partial charge is 0.203 e. The molecule has 1 unspecified atom stereocenters. The molecule has 3 heteroatoms. The van der Waals surface area contributed by atoms with Gasteiger partial charge in [-0.1, -0.05) is 25.8 Å². The molecule has 1 atom stereocenters. The topological polar surface area (TPSA) is 26.3 Å². The Morgan fingerprint density at radius 3 is 2.67 bits per heavy atom. The summed E-state index contributed by atoms with van der Waals surface area (Å²) in [5.74, 6) is 0. The van der Waals surface area contributed by atoms with Gasteiger partial charge in [0.1, 0.15) is 0 Å². The standard InChI is InChI=1S/C9H19O2P/c1-4-6-7-8-11-12(3,10)9-5-2/h5H,2,4,6-9H2,1,3H3. The van der Waals surface area contributed by atoms with Crippen molar-refractivity contribution in [3.63, 3.8) is 0 Å². The quantitative estimate of drug-likeness (QED) is 0.350. The van der Waals surface area contributed by atoms with Gasteiger partial charge in [-0.25, -0.2) is 0 Å². The maximum Gasteiger partial charge on any atom is 0.203 e. The van der Waals surface area contributed by atoms with Crippen LogP contribution in [0.2, 0.25) is 0 Å². The molecule has 0 aliphatic carbocycles. The molecule has 0 rings (SSSR count). The molecule has 0 saturated carbocycles. The van der Waals surface area contributed by atoms with Crippen LogP contribution >= 0.6 is 7.37 Å². The molecule has 0 heterocycles. The fourth-order valence-corrected chi connectivity index (χ4v) is 1.99. The third-order valence-corrected chi connectivity index (χ3v) is 3.22. The van der Waals surface area contributed by atoms with Gasteiger partial charge in [0.2, 0.25) is 7.37 Å². The number of allylic oxidation sites excluding steroid dienone is 1. The van der Waals surface area contributed by atoms with Gasteiger partial charge in [-0.2, -0.15) is 0 Å². The van der Waals surface area contributed by atoms with Crippen LogP contribution in [0.1, 0.15) is 26.2 Å². The third-order valence-electron chi connectivity index (χ3n) is 1.57. The van der Waals surface area contributed by atoms with E-state index in [0.717, 1.165) is 12.8 Å². The predicted molar refractivity (Wildman–Crippen MR) is 54.1 cm³/mol. The van der Waals surface area contributed by atoms with Gasteiger partial charge in [0.15, 0.2) is 0 Å². The molecule has 0 radical (unpaired) electrons. The van der Waals surface area contributed by atoms with E-state index in [2.05, 4.69) is 13.5 Å². The van der Waals surface area contributed by atoms with Gasteiger partial charge >= 0.3 is 0 Å². The van der Waals surface area contributed by atoms with Crippen LogP contribution in [0.25, 0.3) is 0 Å². The minimum absolute atomic E-state index is 0.485. The van der Waals surface area contributed by atoms with Gasteiger partial charge in [0.25, 0.3) is 0 Å². The molecular weight excluding hydrogens is 171 g/mol. The van der Waals surface area contributed by atoms with Crippen LogP contribution in [0.15, 0.2) is 12.7 Å². The molecule has 0 aromatic rings. The molecule has 0 bridgehead atoms. The van der Waals surface area contributed by atoms with Crippen LogP contribution in [0.3, 0.4) is 0 Å². The van der Waals surface area contributed by atoms with Gasteiger partial charge < -0.3 is 4.52 Å². The van der Waals surface area contributed by atoms with E-state index in [1.54, 1.807) is 12.7 Å². The first-order valence-corrected chi connectivity index (χ1v) is 6.70. The lowest BCUT2D eigenvalue weighted by Gasteiger charge is -2.10. The van der Waals surface area contributed by atoms with Gasteiger partial charge in [0.05, 0.1) is 6.61 Å². The van der Waals surface area contributed by atoms with E-state index in [0.29, 0.717) is 12.8 Å². The van der Waals surface area contributed by atoms with Crippen LogP contribution in [-0.4, -0.2) is 19.4 Å². The minimum Gasteiger partial charge on any atom is -0.328 e. The highest BCUT2D eigenvalue weighted by molar-refractivity contribution is 7.58. The maximum atomic E-state index is 11.5. The third kappa shape index (κ3) is 6.63. The second-order valence-corrected chi connectivity index (χ2v) is 5.68. The van der Waals surface area contributed by atoms with Crippen molar-refractivity contribution >= 4 is 7.37 Å². The van der Waals surface area contributed by atoms with Gasteiger partial charge in [0, 0.05) is 12.8 Å². The molecule has 0 aromatic carbocycles. The summed E-state index contributed by atoms with van der Waals surface area (Å²) in [4.78, 5) is 0. The molecule has 0 amide bonds. The Labute approximate surface area is 75.5 Å². The largest absolute Gasteiger partial charge is 0.328 e. The lowest BCUT2D eigenvalue weighted by Crippen LogP contribution is -1.94. The second kappa shape index (κ2) is 6.45. The van der Waals surface area contributed by atoms with Gasteiger partial charge in [-0.05, 0) is 6.42 Å². The molecule has 72 valence electrons. The zero-order valence-electron chi connectivity index (χ0n) is 8.08. The molecule has 0 aromatic heterocycles. The summed E-state index contributed by atoms with van der Waals surface area (Å²) in [7, 11) is -2.35. The highest BCUT2D eigenvalue weighted by Crippen LogP contribution is 2.42. The van der Waals surface area contributed by atoms with E-state index >= 15 is 0 Å². The van der Waals surface area contributed by atoms with E-state index in [1.807, 2.05) is 0 Å². The van der Waals surface area contributed by atoms with E-state index in [1.165, 1.54) is 6.42 Å². The van der Waals surface area contributed by atoms with E-state index < -0.39 is 7.37 Å². The van der Waals surface area contributed by atoms with Crippen molar-refractivity contribution in [2.24, 2.45) is 0 Å². The second-order valence-electron chi connectivity index (χ2n) is 3.03. The number of hydrogen-bond acceptors (Lipinski definition) is 2. The van der Waals surface area contributed by atoms with E-state index in [9.17, 15) is 4.57 Å². The molecular formula is C9H19O2P. The molecule has 0 saturated heterocycles. The fourth-order valence-electron chi connectivity index (χ4n) is 0.897. The Kier molecular flexibility index (Phi) is 6.41. The summed E-state index contributed by atoms with van der Waals surface area (Å²) in [6, 6.07) is 0. The normalized spacial score (nSPS) is 15.5. The summed E-state index contributed by atoms with van der Waals surface area (Å²) in [5, 5.41) is 0. The Hall–Kier alpha value is -0.0700. The average Bonchev–Trinajstić information content (AvgIpc) is 1.98. The summed E-state index contributed by atoms with van der Waals surface area (Å²) < 4.78 is 16.7. The Bertz CT molecular complexity index is 166. The highest BCUT2D eigenvalue weighted by atomic mass is 31.2.